The number of hydrogen-bond donors (Lipinski definition) is 2. The van der Waals surface area contributed by atoms with Gasteiger partial charge in [-0.15, -0.1) is 0 Å². The first kappa shape index (κ1) is 18.9. The molecule has 0 spiro atoms. The maximum Gasteiger partial charge on any atom is 0.324 e. The number of carbonyl (C=O) groups is 2. The van der Waals surface area contributed by atoms with Gasteiger partial charge < -0.3 is 9.80 Å². The first-order valence-corrected chi connectivity index (χ1v) is 8.81. The van der Waals surface area contributed by atoms with E-state index >= 15 is 0 Å². The highest BCUT2D eigenvalue weighted by atomic mass is 16.5. The number of anilines is 1. The van der Waals surface area contributed by atoms with Gasteiger partial charge in [0.25, 0.3) is 5.91 Å². The number of hydroxylamine groups is 1. The van der Waals surface area contributed by atoms with Crippen LogP contribution < -0.4 is 10.4 Å². The summed E-state index contributed by atoms with van der Waals surface area (Å²) in [6.45, 7) is 2.68. The average Bonchev–Trinajstić information content (AvgIpc) is 3.01. The molecular formula is C20H24N4O3. The normalized spacial score (nSPS) is 14.1. The zero-order chi connectivity index (χ0) is 19.4. The predicted octanol–water partition coefficient (Wildman–Crippen LogP) is 2.31. The number of amides is 3. The number of urea groups is 1. The van der Waals surface area contributed by atoms with Crippen LogP contribution in [0, 0.1) is 0 Å². The van der Waals surface area contributed by atoms with E-state index < -0.39 is 5.91 Å². The first-order chi connectivity index (χ1) is 13.0. The molecule has 7 nitrogen and oxygen atoms in total. The molecule has 2 aromatic rings. The molecule has 2 N–H and O–H groups in total. The Morgan fingerprint density at radius 1 is 1.11 bits per heavy atom. The summed E-state index contributed by atoms with van der Waals surface area (Å²) in [5, 5.41) is 8.68. The van der Waals surface area contributed by atoms with E-state index in [1.165, 1.54) is 5.56 Å². The Morgan fingerprint density at radius 2 is 1.81 bits per heavy atom. The summed E-state index contributed by atoms with van der Waals surface area (Å²) < 4.78 is 0. The summed E-state index contributed by atoms with van der Waals surface area (Å²) in [5.74, 6) is -0.575. The van der Waals surface area contributed by atoms with Gasteiger partial charge in [-0.05, 0) is 49.5 Å². The Hall–Kier alpha value is -2.90. The van der Waals surface area contributed by atoms with E-state index in [2.05, 4.69) is 17.0 Å². The van der Waals surface area contributed by atoms with Gasteiger partial charge in [-0.1, -0.05) is 24.3 Å². The molecule has 1 aliphatic heterocycles. The van der Waals surface area contributed by atoms with Crippen molar-refractivity contribution in [1.29, 1.82) is 0 Å². The highest BCUT2D eigenvalue weighted by Crippen LogP contribution is 2.22. The third kappa shape index (κ3) is 4.45. The zero-order valence-corrected chi connectivity index (χ0v) is 15.6. The van der Waals surface area contributed by atoms with Crippen LogP contribution in [0.5, 0.6) is 0 Å². The molecule has 1 heterocycles. The molecular weight excluding hydrogens is 344 g/mol. The number of rotatable bonds is 6. The summed E-state index contributed by atoms with van der Waals surface area (Å²) in [5.41, 5.74) is 5.00. The van der Waals surface area contributed by atoms with Gasteiger partial charge in [-0.3, -0.25) is 14.9 Å². The van der Waals surface area contributed by atoms with Crippen molar-refractivity contribution >= 4 is 17.6 Å². The van der Waals surface area contributed by atoms with Crippen LogP contribution in [-0.2, 0) is 13.1 Å². The minimum Gasteiger partial charge on any atom is -0.318 e. The quantitative estimate of drug-likeness (QED) is 0.606. The number of carbonyl (C=O) groups excluding carboxylic acids is 2. The molecule has 27 heavy (non-hydrogen) atoms. The van der Waals surface area contributed by atoms with E-state index in [4.69, 9.17) is 5.21 Å². The fourth-order valence-electron chi connectivity index (χ4n) is 3.24. The first-order valence-electron chi connectivity index (χ1n) is 8.81. The molecule has 2 aromatic carbocycles. The highest BCUT2D eigenvalue weighted by molar-refractivity contribution is 5.96. The topological polar surface area (TPSA) is 76.1 Å². The largest absolute Gasteiger partial charge is 0.324 e. The summed E-state index contributed by atoms with van der Waals surface area (Å²) in [7, 11) is 4.06. The van der Waals surface area contributed by atoms with Crippen molar-refractivity contribution in [1.82, 2.24) is 15.3 Å². The second-order valence-corrected chi connectivity index (χ2v) is 6.90. The fraction of sp³-hybridized carbons (Fsp3) is 0.300. The number of benzene rings is 2. The smallest absolute Gasteiger partial charge is 0.318 e. The Morgan fingerprint density at radius 3 is 2.48 bits per heavy atom. The molecule has 3 rings (SSSR count). The molecule has 0 saturated carbocycles. The lowest BCUT2D eigenvalue weighted by Crippen LogP contribution is -2.31. The van der Waals surface area contributed by atoms with Crippen LogP contribution in [-0.4, -0.2) is 54.1 Å². The minimum atomic E-state index is -0.575. The van der Waals surface area contributed by atoms with Crippen LogP contribution in [0.3, 0.4) is 0 Å². The van der Waals surface area contributed by atoms with E-state index in [1.807, 2.05) is 31.1 Å². The Kier molecular flexibility index (Phi) is 5.73. The van der Waals surface area contributed by atoms with Crippen LogP contribution in [0.25, 0.3) is 0 Å². The van der Waals surface area contributed by atoms with Gasteiger partial charge in [-0.25, -0.2) is 10.3 Å². The van der Waals surface area contributed by atoms with Crippen LogP contribution >= 0.6 is 0 Å². The van der Waals surface area contributed by atoms with Gasteiger partial charge in [0.2, 0.25) is 0 Å². The molecule has 142 valence electrons. The van der Waals surface area contributed by atoms with Crippen molar-refractivity contribution in [3.8, 4) is 0 Å². The maximum atomic E-state index is 12.8. The molecule has 0 aliphatic carbocycles. The van der Waals surface area contributed by atoms with Gasteiger partial charge in [0.05, 0.1) is 0 Å². The van der Waals surface area contributed by atoms with Gasteiger partial charge in [-0.2, -0.15) is 0 Å². The van der Waals surface area contributed by atoms with E-state index in [0.717, 1.165) is 17.8 Å². The van der Waals surface area contributed by atoms with Crippen molar-refractivity contribution in [3.05, 3.63) is 65.2 Å². The van der Waals surface area contributed by atoms with Crippen molar-refractivity contribution in [3.63, 3.8) is 0 Å². The lowest BCUT2D eigenvalue weighted by atomic mass is 10.1. The lowest BCUT2D eigenvalue weighted by molar-refractivity contribution is 0.0706. The summed E-state index contributed by atoms with van der Waals surface area (Å²) >= 11 is 0. The van der Waals surface area contributed by atoms with Gasteiger partial charge >= 0.3 is 6.03 Å². The highest BCUT2D eigenvalue weighted by Gasteiger charge is 2.29. The van der Waals surface area contributed by atoms with E-state index in [0.29, 0.717) is 25.2 Å². The molecule has 0 radical (unpaired) electrons. The van der Waals surface area contributed by atoms with Crippen molar-refractivity contribution < 1.29 is 14.8 Å². The second kappa shape index (κ2) is 8.20. The SMILES string of the molecule is CN(C)Cc1cccc(CN2CCN(c3ccc(C(=O)NO)cc3)C2=O)c1. The fourth-order valence-corrected chi connectivity index (χ4v) is 3.24. The van der Waals surface area contributed by atoms with Gasteiger partial charge in [0.1, 0.15) is 0 Å². The van der Waals surface area contributed by atoms with E-state index in [9.17, 15) is 9.59 Å². The zero-order valence-electron chi connectivity index (χ0n) is 15.6. The third-order valence-corrected chi connectivity index (χ3v) is 4.50. The van der Waals surface area contributed by atoms with Crippen LogP contribution in [0.15, 0.2) is 48.5 Å². The molecule has 0 aromatic heterocycles. The Balaban J connectivity index is 1.67. The maximum absolute atomic E-state index is 12.8. The summed E-state index contributed by atoms with van der Waals surface area (Å²) in [6.07, 6.45) is 0. The summed E-state index contributed by atoms with van der Waals surface area (Å²) in [4.78, 5) is 29.8. The third-order valence-electron chi connectivity index (χ3n) is 4.50. The standard InChI is InChI=1S/C20H24N4O3/c1-22(2)13-15-4-3-5-16(12-15)14-23-10-11-24(20(23)26)18-8-6-17(7-9-18)19(25)21-27/h3-9,12,27H,10-11,13-14H2,1-2H3,(H,21,25). The molecule has 0 unspecified atom stereocenters. The Labute approximate surface area is 158 Å². The number of hydrogen-bond acceptors (Lipinski definition) is 4. The molecule has 0 atom stereocenters. The van der Waals surface area contributed by atoms with Crippen molar-refractivity contribution in [2.45, 2.75) is 13.1 Å². The van der Waals surface area contributed by atoms with Crippen LogP contribution in [0.1, 0.15) is 21.5 Å². The molecule has 1 saturated heterocycles. The van der Waals surface area contributed by atoms with E-state index in [1.54, 1.807) is 34.6 Å². The lowest BCUT2D eigenvalue weighted by Gasteiger charge is -2.19. The molecule has 0 bridgehead atoms. The van der Waals surface area contributed by atoms with Crippen LogP contribution in [0.2, 0.25) is 0 Å². The van der Waals surface area contributed by atoms with Gasteiger partial charge in [0.15, 0.2) is 0 Å². The second-order valence-electron chi connectivity index (χ2n) is 6.90. The average molecular weight is 368 g/mol. The molecule has 1 aliphatic rings. The predicted molar refractivity (Wildman–Crippen MR) is 103 cm³/mol. The molecule has 7 heteroatoms. The van der Waals surface area contributed by atoms with Gasteiger partial charge in [0, 0.05) is 37.4 Å². The van der Waals surface area contributed by atoms with Crippen LogP contribution in [0.4, 0.5) is 10.5 Å². The molecule has 1 fully saturated rings. The number of nitrogens with one attached hydrogen (secondary N) is 1. The van der Waals surface area contributed by atoms with E-state index in [-0.39, 0.29) is 6.03 Å². The Bertz CT molecular complexity index is 820. The van der Waals surface area contributed by atoms with Crippen molar-refractivity contribution in [2.24, 2.45) is 0 Å². The minimum absolute atomic E-state index is 0.0487. The monoisotopic (exact) mass is 368 g/mol. The summed E-state index contributed by atoms with van der Waals surface area (Å²) in [6, 6.07) is 14.8. The van der Waals surface area contributed by atoms with Crippen molar-refractivity contribution in [2.75, 3.05) is 32.1 Å². The molecule has 3 amide bonds. The number of nitrogens with zero attached hydrogens (tertiary/aromatic N) is 3.